The second-order valence-corrected chi connectivity index (χ2v) is 13.7. The van der Waals surface area contributed by atoms with Crippen LogP contribution in [0.4, 0.5) is 10.5 Å². The average Bonchev–Trinajstić information content (AvgIpc) is 3.14. The number of sulfonamides is 1. The number of rotatable bonds is 6. The quantitative estimate of drug-likeness (QED) is 0.560. The van der Waals surface area contributed by atoms with Gasteiger partial charge in [0.2, 0.25) is 15.9 Å². The molecule has 2 aromatic carbocycles. The van der Waals surface area contributed by atoms with E-state index in [-0.39, 0.29) is 17.7 Å². The monoisotopic (exact) mass is 561 g/mol. The van der Waals surface area contributed by atoms with Crippen LogP contribution >= 0.6 is 11.6 Å². The summed E-state index contributed by atoms with van der Waals surface area (Å²) < 4.78 is 31.9. The van der Waals surface area contributed by atoms with E-state index in [2.05, 4.69) is 5.32 Å². The molecule has 1 N–H and O–H groups in total. The zero-order valence-electron chi connectivity index (χ0n) is 22.4. The van der Waals surface area contributed by atoms with Crippen LogP contribution in [0.15, 0.2) is 48.5 Å². The van der Waals surface area contributed by atoms with E-state index >= 15 is 0 Å². The Morgan fingerprint density at radius 2 is 1.71 bits per heavy atom. The molecule has 2 aliphatic rings. The number of carbonyl (C=O) groups excluding carboxylic acids is 2. The molecule has 2 aromatic rings. The number of para-hydroxylation sites is 1. The van der Waals surface area contributed by atoms with Crippen LogP contribution in [0.1, 0.15) is 51.2 Å². The van der Waals surface area contributed by atoms with E-state index in [9.17, 15) is 18.0 Å². The van der Waals surface area contributed by atoms with E-state index in [4.69, 9.17) is 16.3 Å². The van der Waals surface area contributed by atoms with E-state index < -0.39 is 27.8 Å². The Kier molecular flexibility index (Phi) is 8.00. The molecule has 2 aliphatic heterocycles. The van der Waals surface area contributed by atoms with Crippen LogP contribution in [0.3, 0.4) is 0 Å². The first-order valence-electron chi connectivity index (χ1n) is 12.8. The van der Waals surface area contributed by atoms with Gasteiger partial charge in [-0.1, -0.05) is 41.9 Å². The molecule has 8 nitrogen and oxygen atoms in total. The normalized spacial score (nSPS) is 17.7. The second-order valence-electron chi connectivity index (χ2n) is 11.3. The van der Waals surface area contributed by atoms with E-state index in [1.807, 2.05) is 41.3 Å². The third-order valence-electron chi connectivity index (χ3n) is 7.20. The molecule has 10 heteroatoms. The number of nitrogens with one attached hydrogen (secondary N) is 1. The van der Waals surface area contributed by atoms with Gasteiger partial charge in [-0.05, 0) is 69.4 Å². The number of piperidine rings is 1. The van der Waals surface area contributed by atoms with Crippen LogP contribution in [0, 0.1) is 0 Å². The minimum absolute atomic E-state index is 0.0545. The molecule has 1 saturated heterocycles. The zero-order chi connectivity index (χ0) is 27.7. The van der Waals surface area contributed by atoms with Crippen molar-refractivity contribution in [3.05, 3.63) is 64.7 Å². The lowest BCUT2D eigenvalue weighted by molar-refractivity contribution is -0.133. The highest BCUT2D eigenvalue weighted by molar-refractivity contribution is 7.92. The van der Waals surface area contributed by atoms with Gasteiger partial charge in [0.15, 0.2) is 0 Å². The fourth-order valence-corrected chi connectivity index (χ4v) is 6.51. The van der Waals surface area contributed by atoms with Gasteiger partial charge in [-0.15, -0.1) is 0 Å². The van der Waals surface area contributed by atoms with E-state index in [0.29, 0.717) is 43.9 Å². The standard InChI is InChI=1S/C28H36ClN3O5S/c1-27(2,3)37-26(34)30-22(17-20-9-11-21(29)12-10-20)18-25(33)31-15-13-28(14-16-31)19-32(38(4,35)36)24-8-6-5-7-23(24)28/h5-12,22H,13-19H2,1-4H3,(H,30,34)/t22-/m0/s1. The maximum absolute atomic E-state index is 13.4. The minimum atomic E-state index is -3.40. The molecule has 0 unspecified atom stereocenters. The van der Waals surface area contributed by atoms with Crippen molar-refractivity contribution in [1.82, 2.24) is 10.2 Å². The van der Waals surface area contributed by atoms with Gasteiger partial charge in [-0.3, -0.25) is 9.10 Å². The number of hydrogen-bond donors (Lipinski definition) is 1. The van der Waals surface area contributed by atoms with Crippen LogP contribution in [-0.4, -0.2) is 62.9 Å². The summed E-state index contributed by atoms with van der Waals surface area (Å²) in [6.07, 6.45) is 2.59. The lowest BCUT2D eigenvalue weighted by atomic mass is 9.74. The van der Waals surface area contributed by atoms with Crippen molar-refractivity contribution < 1.29 is 22.7 Å². The Morgan fingerprint density at radius 1 is 1.08 bits per heavy atom. The highest BCUT2D eigenvalue weighted by atomic mass is 35.5. The van der Waals surface area contributed by atoms with Crippen molar-refractivity contribution in [3.63, 3.8) is 0 Å². The molecule has 0 bridgehead atoms. The van der Waals surface area contributed by atoms with Crippen LogP contribution < -0.4 is 9.62 Å². The number of fused-ring (bicyclic) bond motifs is 2. The molecule has 38 heavy (non-hydrogen) atoms. The maximum Gasteiger partial charge on any atom is 0.407 e. The smallest absolute Gasteiger partial charge is 0.407 e. The summed E-state index contributed by atoms with van der Waals surface area (Å²) in [5.74, 6) is -0.0545. The predicted octanol–water partition coefficient (Wildman–Crippen LogP) is 4.51. The molecule has 1 fully saturated rings. The van der Waals surface area contributed by atoms with Gasteiger partial charge in [0.25, 0.3) is 0 Å². The number of likely N-dealkylation sites (tertiary alicyclic amines) is 1. The van der Waals surface area contributed by atoms with Crippen molar-refractivity contribution in [2.24, 2.45) is 0 Å². The topological polar surface area (TPSA) is 96.0 Å². The van der Waals surface area contributed by atoms with Gasteiger partial charge in [-0.25, -0.2) is 13.2 Å². The average molecular weight is 562 g/mol. The summed E-state index contributed by atoms with van der Waals surface area (Å²) in [6.45, 7) is 6.81. The lowest BCUT2D eigenvalue weighted by Crippen LogP contribution is -2.49. The van der Waals surface area contributed by atoms with E-state index in [1.165, 1.54) is 10.6 Å². The van der Waals surface area contributed by atoms with Crippen LogP contribution in [-0.2, 0) is 31.4 Å². The van der Waals surface area contributed by atoms with Crippen LogP contribution in [0.5, 0.6) is 0 Å². The van der Waals surface area contributed by atoms with Crippen LogP contribution in [0.2, 0.25) is 5.02 Å². The predicted molar refractivity (Wildman–Crippen MR) is 149 cm³/mol. The Balaban J connectivity index is 1.44. The number of nitrogens with zero attached hydrogens (tertiary/aromatic N) is 2. The van der Waals surface area contributed by atoms with Gasteiger partial charge >= 0.3 is 6.09 Å². The molecule has 2 amide bonds. The number of anilines is 1. The minimum Gasteiger partial charge on any atom is -0.444 e. The molecule has 0 saturated carbocycles. The first kappa shape index (κ1) is 28.2. The number of amides is 2. The Hall–Kier alpha value is -2.78. The summed E-state index contributed by atoms with van der Waals surface area (Å²) in [5.41, 5.74) is 1.75. The number of hydrogen-bond acceptors (Lipinski definition) is 5. The number of benzene rings is 2. The molecule has 1 spiro atoms. The first-order chi connectivity index (χ1) is 17.8. The molecule has 206 valence electrons. The first-order valence-corrected chi connectivity index (χ1v) is 15.1. The zero-order valence-corrected chi connectivity index (χ0v) is 23.9. The van der Waals surface area contributed by atoms with Gasteiger partial charge in [-0.2, -0.15) is 0 Å². The van der Waals surface area contributed by atoms with E-state index in [1.54, 1.807) is 32.9 Å². The van der Waals surface area contributed by atoms with Crippen molar-refractivity contribution in [2.75, 3.05) is 30.2 Å². The summed E-state index contributed by atoms with van der Waals surface area (Å²) in [7, 11) is -3.40. The number of ether oxygens (including phenoxy) is 1. The maximum atomic E-state index is 13.4. The fraction of sp³-hybridized carbons (Fsp3) is 0.500. The summed E-state index contributed by atoms with van der Waals surface area (Å²) in [5, 5.41) is 3.49. The Morgan fingerprint density at radius 3 is 2.32 bits per heavy atom. The summed E-state index contributed by atoms with van der Waals surface area (Å²) in [4.78, 5) is 27.8. The van der Waals surface area contributed by atoms with Crippen molar-refractivity contribution in [1.29, 1.82) is 0 Å². The van der Waals surface area contributed by atoms with Gasteiger partial charge in [0.05, 0.1) is 11.9 Å². The van der Waals surface area contributed by atoms with Gasteiger partial charge < -0.3 is 15.0 Å². The van der Waals surface area contributed by atoms with Crippen molar-refractivity contribution in [2.45, 2.75) is 63.5 Å². The Labute approximate surface area is 230 Å². The highest BCUT2D eigenvalue weighted by Crippen LogP contribution is 2.47. The molecule has 0 aliphatic carbocycles. The van der Waals surface area contributed by atoms with Gasteiger partial charge in [0.1, 0.15) is 5.60 Å². The number of alkyl carbamates (subject to hydrolysis) is 1. The number of carbonyl (C=O) groups is 2. The highest BCUT2D eigenvalue weighted by Gasteiger charge is 2.47. The third-order valence-corrected chi connectivity index (χ3v) is 8.58. The molecular formula is C28H36ClN3O5S. The summed E-state index contributed by atoms with van der Waals surface area (Å²) >= 11 is 6.02. The van der Waals surface area contributed by atoms with Crippen molar-refractivity contribution in [3.8, 4) is 0 Å². The fourth-order valence-electron chi connectivity index (χ4n) is 5.39. The molecule has 2 heterocycles. The van der Waals surface area contributed by atoms with Crippen LogP contribution in [0.25, 0.3) is 0 Å². The molecule has 1 atom stereocenters. The molecule has 0 aromatic heterocycles. The summed E-state index contributed by atoms with van der Waals surface area (Å²) in [6, 6.07) is 14.5. The largest absolute Gasteiger partial charge is 0.444 e. The van der Waals surface area contributed by atoms with Gasteiger partial charge in [0, 0.05) is 42.5 Å². The SMILES string of the molecule is CC(C)(C)OC(=O)N[C@H](CC(=O)N1CCC2(CC1)CN(S(C)(=O)=O)c1ccccc12)Cc1ccc(Cl)cc1. The van der Waals surface area contributed by atoms with E-state index in [0.717, 1.165) is 16.8 Å². The molecular weight excluding hydrogens is 526 g/mol. The van der Waals surface area contributed by atoms with Crippen molar-refractivity contribution >= 4 is 39.3 Å². The molecule has 0 radical (unpaired) electrons. The third kappa shape index (κ3) is 6.61. The Bertz CT molecular complexity index is 1280. The lowest BCUT2D eigenvalue weighted by Gasteiger charge is -2.40. The second kappa shape index (κ2) is 10.8. The number of halogens is 1. The molecule has 4 rings (SSSR count).